The van der Waals surface area contributed by atoms with E-state index >= 15 is 0 Å². The zero-order valence-corrected chi connectivity index (χ0v) is 12.1. The smallest absolute Gasteiger partial charge is 0.236 e. The zero-order valence-electron chi connectivity index (χ0n) is 12.1. The SMILES string of the molecule is CNC(=O)C(CC(C)C)NC1CCc2ccccc21. The van der Waals surface area contributed by atoms with Gasteiger partial charge in [0, 0.05) is 13.1 Å². The average molecular weight is 260 g/mol. The number of hydrogen-bond acceptors (Lipinski definition) is 2. The zero-order chi connectivity index (χ0) is 13.8. The number of benzene rings is 1. The number of carbonyl (C=O) groups excluding carboxylic acids is 1. The second-order valence-corrected chi connectivity index (χ2v) is 5.75. The van der Waals surface area contributed by atoms with Crippen molar-refractivity contribution in [3.8, 4) is 0 Å². The van der Waals surface area contributed by atoms with Gasteiger partial charge in [-0.15, -0.1) is 0 Å². The standard InChI is InChI=1S/C16H24N2O/c1-11(2)10-15(16(19)17-3)18-14-9-8-12-6-4-5-7-13(12)14/h4-7,11,14-15,18H,8-10H2,1-3H3,(H,17,19). The summed E-state index contributed by atoms with van der Waals surface area (Å²) in [5.41, 5.74) is 2.78. The summed E-state index contributed by atoms with van der Waals surface area (Å²) in [5.74, 6) is 0.601. The Morgan fingerprint density at radius 3 is 2.79 bits per heavy atom. The van der Waals surface area contributed by atoms with E-state index in [0.717, 1.165) is 19.3 Å². The van der Waals surface area contributed by atoms with Crippen molar-refractivity contribution < 1.29 is 4.79 Å². The summed E-state index contributed by atoms with van der Waals surface area (Å²) in [6, 6.07) is 8.75. The van der Waals surface area contributed by atoms with Crippen molar-refractivity contribution in [3.63, 3.8) is 0 Å². The van der Waals surface area contributed by atoms with Gasteiger partial charge in [-0.1, -0.05) is 38.1 Å². The van der Waals surface area contributed by atoms with Gasteiger partial charge in [0.15, 0.2) is 0 Å². The van der Waals surface area contributed by atoms with Gasteiger partial charge in [-0.3, -0.25) is 10.1 Å². The van der Waals surface area contributed by atoms with Gasteiger partial charge >= 0.3 is 0 Å². The predicted octanol–water partition coefficient (Wildman–Crippen LogP) is 2.42. The molecular formula is C16H24N2O. The molecule has 1 aromatic carbocycles. The molecule has 1 aliphatic rings. The Morgan fingerprint density at radius 1 is 1.37 bits per heavy atom. The Labute approximate surface area is 115 Å². The van der Waals surface area contributed by atoms with Crippen LogP contribution in [0.4, 0.5) is 0 Å². The number of nitrogens with one attached hydrogen (secondary N) is 2. The van der Waals surface area contributed by atoms with Crippen molar-refractivity contribution in [1.29, 1.82) is 0 Å². The Morgan fingerprint density at radius 2 is 2.11 bits per heavy atom. The quantitative estimate of drug-likeness (QED) is 0.853. The molecule has 1 amide bonds. The fraction of sp³-hybridized carbons (Fsp3) is 0.562. The van der Waals surface area contributed by atoms with Crippen LogP contribution in [0.2, 0.25) is 0 Å². The Kier molecular flexibility index (Phi) is 4.59. The molecule has 104 valence electrons. The van der Waals surface area contributed by atoms with Crippen LogP contribution in [0.3, 0.4) is 0 Å². The minimum Gasteiger partial charge on any atom is -0.358 e. The molecule has 0 bridgehead atoms. The minimum absolute atomic E-state index is 0.0954. The van der Waals surface area contributed by atoms with Crippen LogP contribution < -0.4 is 10.6 Å². The largest absolute Gasteiger partial charge is 0.358 e. The average Bonchev–Trinajstić information content (AvgIpc) is 2.80. The number of fused-ring (bicyclic) bond motifs is 1. The third-order valence-electron chi connectivity index (χ3n) is 3.81. The van der Waals surface area contributed by atoms with Gasteiger partial charge in [-0.2, -0.15) is 0 Å². The molecule has 0 aliphatic heterocycles. The molecule has 3 nitrogen and oxygen atoms in total. The molecule has 1 aromatic rings. The Balaban J connectivity index is 2.08. The van der Waals surface area contributed by atoms with Gasteiger partial charge in [0.1, 0.15) is 0 Å². The number of carbonyl (C=O) groups is 1. The van der Waals surface area contributed by atoms with Crippen molar-refractivity contribution in [2.24, 2.45) is 5.92 Å². The van der Waals surface area contributed by atoms with Crippen molar-refractivity contribution in [3.05, 3.63) is 35.4 Å². The first-order valence-electron chi connectivity index (χ1n) is 7.17. The number of aryl methyl sites for hydroxylation is 1. The lowest BCUT2D eigenvalue weighted by Gasteiger charge is -2.24. The predicted molar refractivity (Wildman–Crippen MR) is 77.9 cm³/mol. The highest BCUT2D eigenvalue weighted by molar-refractivity contribution is 5.81. The minimum atomic E-state index is -0.0962. The van der Waals surface area contributed by atoms with E-state index in [4.69, 9.17) is 0 Å². The molecule has 1 aliphatic carbocycles. The lowest BCUT2D eigenvalue weighted by molar-refractivity contribution is -0.123. The second-order valence-electron chi connectivity index (χ2n) is 5.75. The maximum absolute atomic E-state index is 12.0. The molecule has 2 unspecified atom stereocenters. The topological polar surface area (TPSA) is 41.1 Å². The van der Waals surface area contributed by atoms with Crippen LogP contribution in [0.1, 0.15) is 43.9 Å². The second kappa shape index (κ2) is 6.20. The van der Waals surface area contributed by atoms with Crippen molar-refractivity contribution in [1.82, 2.24) is 10.6 Å². The molecule has 0 heterocycles. The van der Waals surface area contributed by atoms with Crippen LogP contribution in [0.5, 0.6) is 0 Å². The number of amides is 1. The van der Waals surface area contributed by atoms with Crippen LogP contribution in [0.15, 0.2) is 24.3 Å². The summed E-state index contributed by atoms with van der Waals surface area (Å²) >= 11 is 0. The molecule has 2 N–H and O–H groups in total. The molecule has 0 spiro atoms. The fourth-order valence-electron chi connectivity index (χ4n) is 2.87. The highest BCUT2D eigenvalue weighted by Gasteiger charge is 2.27. The summed E-state index contributed by atoms with van der Waals surface area (Å²) in [4.78, 5) is 12.0. The van der Waals surface area contributed by atoms with Crippen molar-refractivity contribution >= 4 is 5.91 Å². The molecule has 0 aromatic heterocycles. The summed E-state index contributed by atoms with van der Waals surface area (Å²) < 4.78 is 0. The van der Waals surface area contributed by atoms with Crippen LogP contribution >= 0.6 is 0 Å². The Hall–Kier alpha value is -1.35. The third kappa shape index (κ3) is 3.35. The lowest BCUT2D eigenvalue weighted by Crippen LogP contribution is -2.44. The van der Waals surface area contributed by atoms with Crippen LogP contribution in [0.25, 0.3) is 0 Å². The first-order chi connectivity index (χ1) is 9.11. The number of hydrogen-bond donors (Lipinski definition) is 2. The van der Waals surface area contributed by atoms with Gasteiger partial charge < -0.3 is 5.32 Å². The van der Waals surface area contributed by atoms with E-state index in [0.29, 0.717) is 12.0 Å². The maximum Gasteiger partial charge on any atom is 0.236 e. The monoisotopic (exact) mass is 260 g/mol. The van der Waals surface area contributed by atoms with Crippen LogP contribution in [-0.2, 0) is 11.2 Å². The fourth-order valence-corrected chi connectivity index (χ4v) is 2.87. The van der Waals surface area contributed by atoms with E-state index < -0.39 is 0 Å². The molecule has 2 atom stereocenters. The molecule has 2 rings (SSSR count). The summed E-state index contributed by atoms with van der Waals surface area (Å²) in [6.07, 6.45) is 3.07. The number of rotatable bonds is 5. The van der Waals surface area contributed by atoms with E-state index in [9.17, 15) is 4.79 Å². The van der Waals surface area contributed by atoms with Crippen LogP contribution in [0, 0.1) is 5.92 Å². The number of likely N-dealkylation sites (N-methyl/N-ethyl adjacent to an activating group) is 1. The highest BCUT2D eigenvalue weighted by Crippen LogP contribution is 2.31. The normalized spacial score (nSPS) is 19.3. The molecule has 0 fully saturated rings. The van der Waals surface area contributed by atoms with E-state index in [1.807, 2.05) is 0 Å². The van der Waals surface area contributed by atoms with Gasteiger partial charge in [0.25, 0.3) is 0 Å². The van der Waals surface area contributed by atoms with Crippen molar-refractivity contribution in [2.75, 3.05) is 7.05 Å². The highest BCUT2D eigenvalue weighted by atomic mass is 16.2. The van der Waals surface area contributed by atoms with E-state index in [1.165, 1.54) is 11.1 Å². The first kappa shape index (κ1) is 14.1. The van der Waals surface area contributed by atoms with Crippen molar-refractivity contribution in [2.45, 2.75) is 45.2 Å². The van der Waals surface area contributed by atoms with E-state index in [-0.39, 0.29) is 11.9 Å². The molecule has 0 radical (unpaired) electrons. The summed E-state index contributed by atoms with van der Waals surface area (Å²) in [7, 11) is 1.71. The van der Waals surface area contributed by atoms with E-state index in [2.05, 4.69) is 48.7 Å². The first-order valence-corrected chi connectivity index (χ1v) is 7.17. The molecule has 19 heavy (non-hydrogen) atoms. The summed E-state index contributed by atoms with van der Waals surface area (Å²) in [6.45, 7) is 4.31. The van der Waals surface area contributed by atoms with E-state index in [1.54, 1.807) is 7.05 Å². The Bertz CT molecular complexity index is 442. The van der Waals surface area contributed by atoms with Gasteiger partial charge in [-0.05, 0) is 36.3 Å². The van der Waals surface area contributed by atoms with Gasteiger partial charge in [0.2, 0.25) is 5.91 Å². The van der Waals surface area contributed by atoms with Gasteiger partial charge in [0.05, 0.1) is 6.04 Å². The third-order valence-corrected chi connectivity index (χ3v) is 3.81. The lowest BCUT2D eigenvalue weighted by atomic mass is 10.0. The molecule has 3 heteroatoms. The summed E-state index contributed by atoms with van der Waals surface area (Å²) in [5, 5.41) is 6.31. The molecule has 0 saturated carbocycles. The van der Waals surface area contributed by atoms with Crippen LogP contribution in [-0.4, -0.2) is 19.0 Å². The molecule has 0 saturated heterocycles. The maximum atomic E-state index is 12.0. The van der Waals surface area contributed by atoms with Gasteiger partial charge in [-0.25, -0.2) is 0 Å². The molecular weight excluding hydrogens is 236 g/mol.